The number of carbonyl (C=O) groups is 1. The van der Waals surface area contributed by atoms with Gasteiger partial charge in [-0.25, -0.2) is 0 Å². The second kappa shape index (κ2) is 7.85. The van der Waals surface area contributed by atoms with E-state index in [1.807, 2.05) is 30.3 Å². The highest BCUT2D eigenvalue weighted by molar-refractivity contribution is 7.16. The van der Waals surface area contributed by atoms with Crippen LogP contribution in [0.2, 0.25) is 0 Å². The van der Waals surface area contributed by atoms with Crippen molar-refractivity contribution in [3.8, 4) is 17.6 Å². The van der Waals surface area contributed by atoms with E-state index in [9.17, 15) is 10.1 Å². The van der Waals surface area contributed by atoms with Crippen molar-refractivity contribution in [1.29, 1.82) is 5.26 Å². The molecule has 0 aliphatic carbocycles. The van der Waals surface area contributed by atoms with E-state index in [0.29, 0.717) is 21.9 Å². The first kappa shape index (κ1) is 18.2. The van der Waals surface area contributed by atoms with Gasteiger partial charge in [0.25, 0.3) is 5.91 Å². The lowest BCUT2D eigenvalue weighted by Gasteiger charge is -2.21. The van der Waals surface area contributed by atoms with Gasteiger partial charge in [-0.2, -0.15) is 5.26 Å². The van der Waals surface area contributed by atoms with Crippen molar-refractivity contribution in [2.75, 3.05) is 18.9 Å². The molecule has 3 aromatic rings. The number of nitrogens with zero attached hydrogens (tertiary/aromatic N) is 2. The quantitative estimate of drug-likeness (QED) is 0.705. The molecule has 1 N–H and O–H groups in total. The van der Waals surface area contributed by atoms with Gasteiger partial charge >= 0.3 is 0 Å². The number of benzene rings is 2. The van der Waals surface area contributed by atoms with Crippen molar-refractivity contribution in [3.63, 3.8) is 0 Å². The zero-order chi connectivity index (χ0) is 19.5. The number of carbonyl (C=O) groups excluding carboxylic acids is 1. The van der Waals surface area contributed by atoms with E-state index in [0.717, 1.165) is 35.7 Å². The molecule has 2 heterocycles. The second-order valence-electron chi connectivity index (χ2n) is 6.70. The summed E-state index contributed by atoms with van der Waals surface area (Å²) in [6.45, 7) is 1.74. The highest BCUT2D eigenvalue weighted by Gasteiger charge is 2.24. The number of anilines is 1. The minimum atomic E-state index is -0.227. The average Bonchev–Trinajstić information content (AvgIpc) is 3.05. The Hall–Kier alpha value is -3.14. The first-order valence-electron chi connectivity index (χ1n) is 9.01. The summed E-state index contributed by atoms with van der Waals surface area (Å²) in [5.74, 6) is 1.18. The number of nitriles is 1. The molecule has 0 atom stereocenters. The Morgan fingerprint density at radius 3 is 2.57 bits per heavy atom. The standard InChI is InChI=1S/C22H19N3O2S/c1-25-12-11-18-19(13-23)22(28-20(18)14-25)24-21(26)15-7-9-17(10-8-15)27-16-5-3-2-4-6-16/h2-10H,11-12,14H2,1H3,(H,24,26). The number of thiophene rings is 1. The number of amides is 1. The molecule has 1 amide bonds. The van der Waals surface area contributed by atoms with Crippen molar-refractivity contribution < 1.29 is 9.53 Å². The van der Waals surface area contributed by atoms with Crippen molar-refractivity contribution >= 4 is 22.2 Å². The molecule has 0 saturated heterocycles. The predicted octanol–water partition coefficient (Wildman–Crippen LogP) is 4.65. The maximum Gasteiger partial charge on any atom is 0.256 e. The molecule has 2 aromatic carbocycles. The molecule has 0 radical (unpaired) electrons. The fourth-order valence-corrected chi connectivity index (χ4v) is 4.49. The minimum absolute atomic E-state index is 0.227. The lowest BCUT2D eigenvalue weighted by molar-refractivity contribution is 0.102. The molecule has 0 bridgehead atoms. The summed E-state index contributed by atoms with van der Waals surface area (Å²) < 4.78 is 5.76. The fraction of sp³-hybridized carbons (Fsp3) is 0.182. The zero-order valence-electron chi connectivity index (χ0n) is 15.4. The van der Waals surface area contributed by atoms with Crippen LogP contribution in [-0.4, -0.2) is 24.4 Å². The van der Waals surface area contributed by atoms with E-state index in [4.69, 9.17) is 4.74 Å². The zero-order valence-corrected chi connectivity index (χ0v) is 16.3. The smallest absolute Gasteiger partial charge is 0.256 e. The van der Waals surface area contributed by atoms with Gasteiger partial charge in [-0.3, -0.25) is 4.79 Å². The molecule has 28 heavy (non-hydrogen) atoms. The molecule has 0 saturated carbocycles. The maximum atomic E-state index is 12.7. The van der Waals surface area contributed by atoms with Crippen LogP contribution in [-0.2, 0) is 13.0 Å². The molecular formula is C22H19N3O2S. The Kier molecular flexibility index (Phi) is 5.11. The Balaban J connectivity index is 1.49. The molecule has 1 aromatic heterocycles. The van der Waals surface area contributed by atoms with Crippen LogP contribution in [0.15, 0.2) is 54.6 Å². The predicted molar refractivity (Wildman–Crippen MR) is 110 cm³/mol. The van der Waals surface area contributed by atoms with Crippen molar-refractivity contribution in [3.05, 3.63) is 76.2 Å². The van der Waals surface area contributed by atoms with Crippen molar-refractivity contribution in [2.24, 2.45) is 0 Å². The van der Waals surface area contributed by atoms with Gasteiger partial charge in [-0.1, -0.05) is 18.2 Å². The fourth-order valence-electron chi connectivity index (χ4n) is 3.21. The molecule has 1 aliphatic rings. The Bertz CT molecular complexity index is 1040. The molecule has 0 unspecified atom stereocenters. The number of hydrogen-bond acceptors (Lipinski definition) is 5. The lowest BCUT2D eigenvalue weighted by Crippen LogP contribution is -2.25. The van der Waals surface area contributed by atoms with Gasteiger partial charge in [-0.05, 0) is 55.4 Å². The van der Waals surface area contributed by atoms with Crippen LogP contribution < -0.4 is 10.1 Å². The topological polar surface area (TPSA) is 65.4 Å². The molecule has 1 aliphatic heterocycles. The van der Waals surface area contributed by atoms with Gasteiger partial charge in [0, 0.05) is 23.5 Å². The summed E-state index contributed by atoms with van der Waals surface area (Å²) in [6, 6.07) is 18.7. The van der Waals surface area contributed by atoms with E-state index in [2.05, 4.69) is 23.3 Å². The average molecular weight is 389 g/mol. The number of para-hydroxylation sites is 1. The third kappa shape index (κ3) is 3.77. The normalized spacial score (nSPS) is 13.4. The molecule has 0 spiro atoms. The van der Waals surface area contributed by atoms with Crippen molar-refractivity contribution in [2.45, 2.75) is 13.0 Å². The number of fused-ring (bicyclic) bond motifs is 1. The van der Waals surface area contributed by atoms with Crippen LogP contribution in [0.25, 0.3) is 0 Å². The first-order chi connectivity index (χ1) is 13.6. The van der Waals surface area contributed by atoms with Crippen LogP contribution in [0.4, 0.5) is 5.00 Å². The second-order valence-corrected chi connectivity index (χ2v) is 7.81. The van der Waals surface area contributed by atoms with Crippen LogP contribution in [0.3, 0.4) is 0 Å². The first-order valence-corrected chi connectivity index (χ1v) is 9.83. The van der Waals surface area contributed by atoms with Crippen LogP contribution in [0, 0.1) is 11.3 Å². The summed E-state index contributed by atoms with van der Waals surface area (Å²) in [5, 5.41) is 13.1. The Labute approximate surface area is 167 Å². The maximum absolute atomic E-state index is 12.7. The van der Waals surface area contributed by atoms with E-state index in [1.165, 1.54) is 11.3 Å². The van der Waals surface area contributed by atoms with Gasteiger partial charge in [0.1, 0.15) is 22.6 Å². The van der Waals surface area contributed by atoms with Crippen molar-refractivity contribution in [1.82, 2.24) is 4.90 Å². The largest absolute Gasteiger partial charge is 0.457 e. The van der Waals surface area contributed by atoms with E-state index in [-0.39, 0.29) is 5.91 Å². The molecule has 6 heteroatoms. The van der Waals surface area contributed by atoms with Gasteiger partial charge in [0.15, 0.2) is 0 Å². The number of nitrogens with one attached hydrogen (secondary N) is 1. The molecule has 4 rings (SSSR count). The number of rotatable bonds is 4. The van der Waals surface area contributed by atoms with Gasteiger partial charge in [-0.15, -0.1) is 11.3 Å². The Morgan fingerprint density at radius 2 is 1.86 bits per heavy atom. The molecule has 0 fully saturated rings. The molecular weight excluding hydrogens is 370 g/mol. The molecule has 140 valence electrons. The number of likely N-dealkylation sites (N-methyl/N-ethyl adjacent to an activating group) is 1. The van der Waals surface area contributed by atoms with Gasteiger partial charge < -0.3 is 15.0 Å². The summed E-state index contributed by atoms with van der Waals surface area (Å²) in [7, 11) is 2.06. The summed E-state index contributed by atoms with van der Waals surface area (Å²) in [5.41, 5.74) is 2.20. The lowest BCUT2D eigenvalue weighted by atomic mass is 10.0. The highest BCUT2D eigenvalue weighted by atomic mass is 32.1. The summed E-state index contributed by atoms with van der Waals surface area (Å²) in [6.07, 6.45) is 0.840. The van der Waals surface area contributed by atoms with E-state index in [1.54, 1.807) is 24.3 Å². The summed E-state index contributed by atoms with van der Waals surface area (Å²) in [4.78, 5) is 16.0. The van der Waals surface area contributed by atoms with E-state index < -0.39 is 0 Å². The van der Waals surface area contributed by atoms with E-state index >= 15 is 0 Å². The van der Waals surface area contributed by atoms with Crippen LogP contribution in [0.1, 0.15) is 26.4 Å². The third-order valence-electron chi connectivity index (χ3n) is 4.68. The highest BCUT2D eigenvalue weighted by Crippen LogP contribution is 2.36. The Morgan fingerprint density at radius 1 is 1.14 bits per heavy atom. The van der Waals surface area contributed by atoms with Crippen LogP contribution >= 0.6 is 11.3 Å². The SMILES string of the molecule is CN1CCc2c(sc(NC(=O)c3ccc(Oc4ccccc4)cc3)c2C#N)C1. The monoisotopic (exact) mass is 389 g/mol. The van der Waals surface area contributed by atoms with Gasteiger partial charge in [0.05, 0.1) is 5.56 Å². The minimum Gasteiger partial charge on any atom is -0.457 e. The third-order valence-corrected chi connectivity index (χ3v) is 5.81. The van der Waals surface area contributed by atoms with Gasteiger partial charge in [0.2, 0.25) is 0 Å². The number of ether oxygens (including phenoxy) is 1. The summed E-state index contributed by atoms with van der Waals surface area (Å²) >= 11 is 1.50. The molecule has 5 nitrogen and oxygen atoms in total. The van der Waals surface area contributed by atoms with Crippen LogP contribution in [0.5, 0.6) is 11.5 Å². The number of hydrogen-bond donors (Lipinski definition) is 1.